The summed E-state index contributed by atoms with van der Waals surface area (Å²) in [6.45, 7) is 8.55. The van der Waals surface area contributed by atoms with Crippen LogP contribution in [0.2, 0.25) is 0 Å². The first kappa shape index (κ1) is 25.7. The molecule has 0 amide bonds. The summed E-state index contributed by atoms with van der Waals surface area (Å²) in [7, 11) is 0. The largest absolute Gasteiger partial charge is 0.491 e. The monoisotopic (exact) mass is 489 g/mol. The molecule has 0 aliphatic heterocycles. The predicted molar refractivity (Wildman–Crippen MR) is 129 cm³/mol. The number of ether oxygens (including phenoxy) is 2. The maximum absolute atomic E-state index is 13.2. The van der Waals surface area contributed by atoms with Crippen LogP contribution < -0.4 is 15.1 Å². The molecule has 34 heavy (non-hydrogen) atoms. The molecule has 9 nitrogen and oxygen atoms in total. The molecule has 10 heteroatoms. The van der Waals surface area contributed by atoms with Gasteiger partial charge in [0.1, 0.15) is 18.9 Å². The van der Waals surface area contributed by atoms with Crippen molar-refractivity contribution < 1.29 is 19.4 Å². The average molecular weight is 490 g/mol. The second-order valence-electron chi connectivity index (χ2n) is 9.26. The van der Waals surface area contributed by atoms with Crippen molar-refractivity contribution in [3.8, 4) is 11.6 Å². The van der Waals surface area contributed by atoms with Gasteiger partial charge < -0.3 is 14.6 Å². The maximum atomic E-state index is 13.2. The lowest BCUT2D eigenvalue weighted by Gasteiger charge is -2.21. The number of rotatable bonds is 8. The first-order valence-corrected chi connectivity index (χ1v) is 11.3. The summed E-state index contributed by atoms with van der Waals surface area (Å²) < 4.78 is 14.2. The van der Waals surface area contributed by atoms with Crippen molar-refractivity contribution in [2.75, 3.05) is 19.8 Å². The minimum absolute atomic E-state index is 0. The summed E-state index contributed by atoms with van der Waals surface area (Å²) in [6, 6.07) is 5.43. The van der Waals surface area contributed by atoms with Crippen LogP contribution in [0.5, 0.6) is 11.6 Å². The Bertz CT molecular complexity index is 1260. The van der Waals surface area contributed by atoms with E-state index in [1.165, 1.54) is 9.20 Å². The van der Waals surface area contributed by atoms with Crippen LogP contribution >= 0.6 is 12.4 Å². The van der Waals surface area contributed by atoms with Gasteiger partial charge in [-0.05, 0) is 55.4 Å². The summed E-state index contributed by atoms with van der Waals surface area (Å²) >= 11 is 0. The molecule has 0 bridgehead atoms. The number of carbonyl (C=O) groups excluding carboxylic acids is 1. The highest BCUT2D eigenvalue weighted by molar-refractivity contribution is 5.96. The summed E-state index contributed by atoms with van der Waals surface area (Å²) in [5.41, 5.74) is 3.97. The lowest BCUT2D eigenvalue weighted by atomic mass is 9.85. The zero-order valence-corrected chi connectivity index (χ0v) is 20.9. The molecule has 4 rings (SSSR count). The quantitative estimate of drug-likeness (QED) is 0.470. The molecule has 0 fully saturated rings. The molecule has 0 atom stereocenters. The summed E-state index contributed by atoms with van der Waals surface area (Å²) in [4.78, 5) is 13.2. The van der Waals surface area contributed by atoms with Gasteiger partial charge in [0.05, 0.1) is 13.2 Å². The first-order valence-electron chi connectivity index (χ1n) is 11.3. The number of aromatic nitrogens is 4. The molecule has 2 aromatic heterocycles. The van der Waals surface area contributed by atoms with Crippen molar-refractivity contribution in [1.82, 2.24) is 19.4 Å². The number of aliphatic hydroxyl groups excluding tert-OH is 1. The first-order chi connectivity index (χ1) is 15.7. The van der Waals surface area contributed by atoms with Crippen LogP contribution in [0.1, 0.15) is 61.2 Å². The molecule has 2 N–H and O–H groups in total. The minimum Gasteiger partial charge on any atom is -0.491 e. The summed E-state index contributed by atoms with van der Waals surface area (Å²) in [5, 5.41) is 26.8. The van der Waals surface area contributed by atoms with Gasteiger partial charge in [-0.2, -0.15) is 4.52 Å². The number of hydrogen-bond donors (Lipinski definition) is 2. The standard InChI is InChI=1S/C24H31N5O4.ClH/c1-5-32-22-19-8-6-7-18(19)21-26-28(23(25)29(21)27-22)14-20(31)15-11-16(24(2,3)4)13-17(12-15)33-10-9-30;/h11-13,25,30H,5-10,14H2,1-4H3;1H. The minimum atomic E-state index is -0.190. The average Bonchev–Trinajstić information content (AvgIpc) is 3.38. The van der Waals surface area contributed by atoms with Gasteiger partial charge in [0.25, 0.3) is 0 Å². The van der Waals surface area contributed by atoms with Gasteiger partial charge in [0.2, 0.25) is 11.5 Å². The lowest BCUT2D eigenvalue weighted by Crippen LogP contribution is -2.26. The van der Waals surface area contributed by atoms with Gasteiger partial charge in [-0.25, -0.2) is 4.68 Å². The summed E-state index contributed by atoms with van der Waals surface area (Å²) in [5.74, 6) is 0.899. The van der Waals surface area contributed by atoms with Gasteiger partial charge >= 0.3 is 0 Å². The van der Waals surface area contributed by atoms with Gasteiger partial charge in [0.15, 0.2) is 11.4 Å². The molecule has 3 aromatic rings. The van der Waals surface area contributed by atoms with E-state index in [4.69, 9.17) is 20.0 Å². The third-order valence-electron chi connectivity index (χ3n) is 5.83. The number of hydrogen-bond acceptors (Lipinski definition) is 7. The fraction of sp³-hybridized carbons (Fsp3) is 0.500. The molecule has 0 spiro atoms. The molecule has 0 unspecified atom stereocenters. The Balaban J connectivity index is 0.00000324. The van der Waals surface area contributed by atoms with E-state index >= 15 is 0 Å². The number of carbonyl (C=O) groups is 1. The van der Waals surface area contributed by atoms with Gasteiger partial charge in [0, 0.05) is 16.7 Å². The van der Waals surface area contributed by atoms with E-state index in [1.807, 2.05) is 19.1 Å². The van der Waals surface area contributed by atoms with Crippen LogP contribution in [0.3, 0.4) is 0 Å². The molecule has 0 saturated heterocycles. The Morgan fingerprint density at radius 3 is 2.56 bits per heavy atom. The number of Topliss-reactive ketones (excluding diaryl/α,β-unsaturated/α-hetero) is 1. The number of aryl methyl sites for hydroxylation is 1. The number of ketones is 1. The molecule has 1 aromatic carbocycles. The van der Waals surface area contributed by atoms with Crippen molar-refractivity contribution >= 4 is 23.8 Å². The Kier molecular flexibility index (Phi) is 7.67. The number of nitrogens with zero attached hydrogens (tertiary/aromatic N) is 4. The lowest BCUT2D eigenvalue weighted by molar-refractivity contribution is 0.0965. The highest BCUT2D eigenvalue weighted by atomic mass is 35.5. The Morgan fingerprint density at radius 2 is 1.88 bits per heavy atom. The van der Waals surface area contributed by atoms with Gasteiger partial charge in [-0.15, -0.1) is 22.6 Å². The smallest absolute Gasteiger partial charge is 0.242 e. The van der Waals surface area contributed by atoms with E-state index in [0.29, 0.717) is 29.4 Å². The highest BCUT2D eigenvalue weighted by Gasteiger charge is 2.25. The zero-order valence-electron chi connectivity index (χ0n) is 20.1. The summed E-state index contributed by atoms with van der Waals surface area (Å²) in [6.07, 6.45) is 2.72. The van der Waals surface area contributed by atoms with E-state index < -0.39 is 0 Å². The number of fused-ring (bicyclic) bond motifs is 3. The fourth-order valence-corrected chi connectivity index (χ4v) is 4.10. The second-order valence-corrected chi connectivity index (χ2v) is 9.26. The molecule has 0 radical (unpaired) electrons. The van der Waals surface area contributed by atoms with Crippen LogP contribution in [0.25, 0.3) is 5.65 Å². The van der Waals surface area contributed by atoms with Crippen molar-refractivity contribution in [3.63, 3.8) is 0 Å². The number of benzene rings is 1. The van der Waals surface area contributed by atoms with Crippen LogP contribution in [-0.2, 0) is 24.8 Å². The Hall–Kier alpha value is -2.91. The Labute approximate surface area is 204 Å². The second kappa shape index (κ2) is 10.1. The molecule has 1 aliphatic carbocycles. The van der Waals surface area contributed by atoms with Crippen LogP contribution in [0.4, 0.5) is 0 Å². The molecule has 184 valence electrons. The normalized spacial score (nSPS) is 13.0. The van der Waals surface area contributed by atoms with E-state index in [1.54, 1.807) is 6.07 Å². The molecular formula is C24H32ClN5O4. The maximum Gasteiger partial charge on any atom is 0.242 e. The predicted octanol–water partition coefficient (Wildman–Crippen LogP) is 2.87. The third kappa shape index (κ3) is 4.95. The molecule has 2 heterocycles. The van der Waals surface area contributed by atoms with Crippen molar-refractivity contribution in [2.45, 2.75) is 58.9 Å². The molecule has 0 saturated carbocycles. The van der Waals surface area contributed by atoms with E-state index in [0.717, 1.165) is 36.0 Å². The van der Waals surface area contributed by atoms with Crippen molar-refractivity contribution in [3.05, 3.63) is 46.1 Å². The van der Waals surface area contributed by atoms with Gasteiger partial charge in [-0.3, -0.25) is 10.2 Å². The SMILES string of the molecule is CCOc1nn2c(=N)n(CC(=O)c3cc(OCCO)cc(C(C)(C)C)c3)nc2c2c1CCC2.Cl. The molecule has 1 aliphatic rings. The third-order valence-corrected chi connectivity index (χ3v) is 5.83. The number of aliphatic hydroxyl groups is 1. The van der Waals surface area contributed by atoms with E-state index in [9.17, 15) is 4.79 Å². The molecular weight excluding hydrogens is 458 g/mol. The van der Waals surface area contributed by atoms with Crippen molar-refractivity contribution in [2.24, 2.45) is 0 Å². The highest BCUT2D eigenvalue weighted by Crippen LogP contribution is 2.31. The number of nitrogens with one attached hydrogen (secondary N) is 1. The van der Waals surface area contributed by atoms with Crippen LogP contribution in [-0.4, -0.2) is 50.1 Å². The fourth-order valence-electron chi connectivity index (χ4n) is 4.10. The van der Waals surface area contributed by atoms with Crippen LogP contribution in [0, 0.1) is 5.41 Å². The van der Waals surface area contributed by atoms with Gasteiger partial charge in [-0.1, -0.05) is 20.8 Å². The van der Waals surface area contributed by atoms with Crippen LogP contribution in [0.15, 0.2) is 18.2 Å². The topological polar surface area (TPSA) is 115 Å². The van der Waals surface area contributed by atoms with E-state index in [2.05, 4.69) is 31.0 Å². The number of halogens is 1. The van der Waals surface area contributed by atoms with E-state index in [-0.39, 0.29) is 49.0 Å². The Morgan fingerprint density at radius 1 is 1.15 bits per heavy atom. The zero-order chi connectivity index (χ0) is 23.8. The van der Waals surface area contributed by atoms with Crippen molar-refractivity contribution in [1.29, 1.82) is 5.41 Å².